The molecule has 2 rings (SSSR count). The lowest BCUT2D eigenvalue weighted by Gasteiger charge is -2.44. The first kappa shape index (κ1) is 14.4. The Morgan fingerprint density at radius 1 is 0.889 bits per heavy atom. The predicted molar refractivity (Wildman–Crippen MR) is 79.7 cm³/mol. The van der Waals surface area contributed by atoms with E-state index in [1.807, 2.05) is 0 Å². The van der Waals surface area contributed by atoms with Crippen molar-refractivity contribution in [2.24, 2.45) is 23.2 Å². The molecule has 0 amide bonds. The van der Waals surface area contributed by atoms with Gasteiger partial charge in [0.1, 0.15) is 0 Å². The maximum Gasteiger partial charge on any atom is 0.00979 e. The lowest BCUT2D eigenvalue weighted by Crippen LogP contribution is -2.50. The topological polar surface area (TPSA) is 12.0 Å². The van der Waals surface area contributed by atoms with Crippen molar-refractivity contribution in [1.29, 1.82) is 0 Å². The highest BCUT2D eigenvalue weighted by atomic mass is 15.0. The summed E-state index contributed by atoms with van der Waals surface area (Å²) < 4.78 is 0. The Morgan fingerprint density at radius 2 is 1.61 bits per heavy atom. The molecule has 0 spiro atoms. The molecule has 5 unspecified atom stereocenters. The average molecular weight is 251 g/mol. The van der Waals surface area contributed by atoms with Crippen molar-refractivity contribution >= 4 is 0 Å². The van der Waals surface area contributed by atoms with Gasteiger partial charge in [0.2, 0.25) is 0 Å². The third kappa shape index (κ3) is 3.29. The van der Waals surface area contributed by atoms with Crippen LogP contribution in [0, 0.1) is 23.2 Å². The number of hydrogen-bond acceptors (Lipinski definition) is 1. The molecular weight excluding hydrogens is 218 g/mol. The van der Waals surface area contributed by atoms with Crippen molar-refractivity contribution < 1.29 is 0 Å². The van der Waals surface area contributed by atoms with Crippen molar-refractivity contribution in [3.05, 3.63) is 0 Å². The lowest BCUT2D eigenvalue weighted by atomic mass is 9.69. The van der Waals surface area contributed by atoms with Crippen LogP contribution in [-0.2, 0) is 0 Å². The van der Waals surface area contributed by atoms with Crippen LogP contribution in [0.1, 0.15) is 73.1 Å². The van der Waals surface area contributed by atoms with Gasteiger partial charge in [0.25, 0.3) is 0 Å². The Morgan fingerprint density at radius 3 is 2.28 bits per heavy atom. The fourth-order valence-corrected chi connectivity index (χ4v) is 4.29. The van der Waals surface area contributed by atoms with E-state index in [1.165, 1.54) is 38.5 Å². The molecule has 5 atom stereocenters. The van der Waals surface area contributed by atoms with Gasteiger partial charge < -0.3 is 5.32 Å². The first-order chi connectivity index (χ1) is 8.39. The summed E-state index contributed by atoms with van der Waals surface area (Å²) in [6.07, 6.45) is 8.43. The third-order valence-electron chi connectivity index (χ3n) is 5.83. The van der Waals surface area contributed by atoms with Gasteiger partial charge in [-0.2, -0.15) is 0 Å². The molecule has 0 radical (unpaired) electrons. The molecule has 106 valence electrons. The van der Waals surface area contributed by atoms with Gasteiger partial charge in [-0.3, -0.25) is 0 Å². The lowest BCUT2D eigenvalue weighted by molar-refractivity contribution is 0.114. The fraction of sp³-hybridized carbons (Fsp3) is 1.00. The highest BCUT2D eigenvalue weighted by Crippen LogP contribution is 2.39. The molecule has 2 fully saturated rings. The summed E-state index contributed by atoms with van der Waals surface area (Å²) in [6, 6.07) is 1.55. The van der Waals surface area contributed by atoms with Crippen LogP contribution in [0.4, 0.5) is 0 Å². The number of nitrogens with one attached hydrogen (secondary N) is 1. The summed E-state index contributed by atoms with van der Waals surface area (Å²) in [5.74, 6) is 2.62. The summed E-state index contributed by atoms with van der Waals surface area (Å²) in [7, 11) is 0. The molecule has 0 heterocycles. The molecule has 0 aromatic carbocycles. The predicted octanol–water partition coefficient (Wildman–Crippen LogP) is 4.62. The van der Waals surface area contributed by atoms with Gasteiger partial charge in [0, 0.05) is 12.1 Å². The van der Waals surface area contributed by atoms with Crippen LogP contribution in [0.3, 0.4) is 0 Å². The van der Waals surface area contributed by atoms with Crippen LogP contribution < -0.4 is 5.32 Å². The van der Waals surface area contributed by atoms with Crippen molar-refractivity contribution in [2.45, 2.75) is 85.2 Å². The highest BCUT2D eigenvalue weighted by Gasteiger charge is 2.35. The third-order valence-corrected chi connectivity index (χ3v) is 5.83. The van der Waals surface area contributed by atoms with Gasteiger partial charge in [-0.15, -0.1) is 0 Å². The van der Waals surface area contributed by atoms with E-state index in [4.69, 9.17) is 0 Å². The molecule has 0 aliphatic heterocycles. The molecule has 1 N–H and O–H groups in total. The van der Waals surface area contributed by atoms with Crippen molar-refractivity contribution in [3.8, 4) is 0 Å². The van der Waals surface area contributed by atoms with Gasteiger partial charge in [0.05, 0.1) is 0 Å². The van der Waals surface area contributed by atoms with Crippen LogP contribution in [-0.4, -0.2) is 12.1 Å². The first-order valence-electron chi connectivity index (χ1n) is 8.15. The minimum Gasteiger partial charge on any atom is -0.311 e. The summed E-state index contributed by atoms with van der Waals surface area (Å²) >= 11 is 0. The van der Waals surface area contributed by atoms with Gasteiger partial charge >= 0.3 is 0 Å². The van der Waals surface area contributed by atoms with Gasteiger partial charge in [0.15, 0.2) is 0 Å². The van der Waals surface area contributed by atoms with Crippen LogP contribution in [0.5, 0.6) is 0 Å². The first-order valence-corrected chi connectivity index (χ1v) is 8.15. The smallest absolute Gasteiger partial charge is 0.00979 e. The van der Waals surface area contributed by atoms with Crippen molar-refractivity contribution in [3.63, 3.8) is 0 Å². The summed E-state index contributed by atoms with van der Waals surface area (Å²) in [4.78, 5) is 0. The molecule has 0 aromatic heterocycles. The zero-order valence-corrected chi connectivity index (χ0v) is 13.1. The average Bonchev–Trinajstić information content (AvgIpc) is 2.27. The van der Waals surface area contributed by atoms with Crippen molar-refractivity contribution in [2.75, 3.05) is 0 Å². The van der Waals surface area contributed by atoms with E-state index in [9.17, 15) is 0 Å². The van der Waals surface area contributed by atoms with Crippen LogP contribution >= 0.6 is 0 Å². The Bertz CT molecular complexity index is 271. The monoisotopic (exact) mass is 251 g/mol. The maximum atomic E-state index is 4.03. The second-order valence-electron chi connectivity index (χ2n) is 8.03. The van der Waals surface area contributed by atoms with E-state index in [-0.39, 0.29) is 0 Å². The molecule has 2 saturated carbocycles. The van der Waals surface area contributed by atoms with E-state index in [1.54, 1.807) is 0 Å². The Balaban J connectivity index is 1.89. The molecule has 1 nitrogen and oxygen atoms in total. The molecular formula is C17H33N. The minimum absolute atomic E-state index is 0.572. The normalized spacial score (nSPS) is 44.8. The molecule has 0 aromatic rings. The largest absolute Gasteiger partial charge is 0.311 e. The number of hydrogen-bond donors (Lipinski definition) is 1. The van der Waals surface area contributed by atoms with Gasteiger partial charge in [-0.1, -0.05) is 47.5 Å². The quantitative estimate of drug-likeness (QED) is 0.755. The van der Waals surface area contributed by atoms with Gasteiger partial charge in [-0.05, 0) is 48.9 Å². The summed E-state index contributed by atoms with van der Waals surface area (Å²) in [6.45, 7) is 12.2. The Hall–Kier alpha value is -0.0400. The molecule has 0 bridgehead atoms. The zero-order valence-electron chi connectivity index (χ0n) is 13.1. The van der Waals surface area contributed by atoms with E-state index in [0.717, 1.165) is 29.8 Å². The molecule has 2 aliphatic rings. The fourth-order valence-electron chi connectivity index (χ4n) is 4.29. The molecule has 2 aliphatic carbocycles. The van der Waals surface area contributed by atoms with Gasteiger partial charge in [-0.25, -0.2) is 0 Å². The summed E-state index contributed by atoms with van der Waals surface area (Å²) in [5.41, 5.74) is 0.572. The second kappa shape index (κ2) is 5.53. The molecule has 1 heteroatoms. The van der Waals surface area contributed by atoms with Crippen LogP contribution in [0.15, 0.2) is 0 Å². The SMILES string of the molecule is CC1CC(C)(C)CCC1NC1CCCC(C)C1C. The Kier molecular flexibility index (Phi) is 4.41. The van der Waals surface area contributed by atoms with E-state index in [0.29, 0.717) is 5.41 Å². The van der Waals surface area contributed by atoms with E-state index in [2.05, 4.69) is 39.9 Å². The van der Waals surface area contributed by atoms with Crippen LogP contribution in [0.25, 0.3) is 0 Å². The van der Waals surface area contributed by atoms with E-state index >= 15 is 0 Å². The highest BCUT2D eigenvalue weighted by molar-refractivity contribution is 4.91. The second-order valence-corrected chi connectivity index (χ2v) is 8.03. The molecule has 18 heavy (non-hydrogen) atoms. The standard InChI is InChI=1S/C17H33N/c1-12-7-6-8-16(14(12)3)18-15-9-10-17(4,5)11-13(15)2/h12-16,18H,6-11H2,1-5H3. The summed E-state index contributed by atoms with van der Waals surface area (Å²) in [5, 5.41) is 4.03. The van der Waals surface area contributed by atoms with Crippen molar-refractivity contribution in [1.82, 2.24) is 5.32 Å². The van der Waals surface area contributed by atoms with Crippen LogP contribution in [0.2, 0.25) is 0 Å². The maximum absolute atomic E-state index is 4.03. The molecule has 0 saturated heterocycles. The minimum atomic E-state index is 0.572. The zero-order chi connectivity index (χ0) is 13.3. The Labute approximate surface area is 114 Å². The van der Waals surface area contributed by atoms with E-state index < -0.39 is 0 Å². The number of rotatable bonds is 2.